The largest absolute Gasteiger partial charge is 0.508 e. The lowest BCUT2D eigenvalue weighted by Crippen LogP contribution is -2.30. The lowest BCUT2D eigenvalue weighted by atomic mass is 9.94. The smallest absolute Gasteiger partial charge is 0.300 e. The van der Waals surface area contributed by atoms with Crippen LogP contribution in [-0.2, 0) is 9.59 Å². The number of carbonyl (C=O) groups excluding carboxylic acids is 2. The first-order valence-corrected chi connectivity index (χ1v) is 9.70. The van der Waals surface area contributed by atoms with Crippen molar-refractivity contribution in [2.45, 2.75) is 13.0 Å². The van der Waals surface area contributed by atoms with E-state index in [0.717, 1.165) is 5.56 Å². The average molecular weight is 430 g/mol. The van der Waals surface area contributed by atoms with E-state index in [4.69, 9.17) is 0 Å². The van der Waals surface area contributed by atoms with Gasteiger partial charge in [0.05, 0.1) is 16.5 Å². The number of nitro benzene ring substituents is 1. The Labute approximate surface area is 182 Å². The van der Waals surface area contributed by atoms with E-state index < -0.39 is 28.4 Å². The third-order valence-electron chi connectivity index (χ3n) is 5.38. The van der Waals surface area contributed by atoms with Gasteiger partial charge in [-0.15, -0.1) is 0 Å². The van der Waals surface area contributed by atoms with Gasteiger partial charge in [0.25, 0.3) is 17.4 Å². The number of non-ortho nitro benzene ring substituents is 1. The first kappa shape index (κ1) is 20.8. The monoisotopic (exact) mass is 430 g/mol. The number of nitro groups is 1. The van der Waals surface area contributed by atoms with Crippen molar-refractivity contribution < 1.29 is 24.7 Å². The summed E-state index contributed by atoms with van der Waals surface area (Å²) in [5.41, 5.74) is 1.63. The van der Waals surface area contributed by atoms with E-state index in [2.05, 4.69) is 0 Å². The first-order chi connectivity index (χ1) is 15.3. The zero-order valence-corrected chi connectivity index (χ0v) is 16.9. The fourth-order valence-electron chi connectivity index (χ4n) is 3.78. The van der Waals surface area contributed by atoms with E-state index in [1.165, 1.54) is 41.3 Å². The summed E-state index contributed by atoms with van der Waals surface area (Å²) in [6, 6.07) is 17.2. The van der Waals surface area contributed by atoms with Gasteiger partial charge in [0.1, 0.15) is 11.5 Å². The van der Waals surface area contributed by atoms with Crippen molar-refractivity contribution >= 4 is 28.8 Å². The summed E-state index contributed by atoms with van der Waals surface area (Å²) in [6.45, 7) is 1.80. The Morgan fingerprint density at radius 3 is 2.19 bits per heavy atom. The molecule has 1 heterocycles. The quantitative estimate of drug-likeness (QED) is 0.210. The van der Waals surface area contributed by atoms with Crippen molar-refractivity contribution in [1.82, 2.24) is 0 Å². The highest BCUT2D eigenvalue weighted by Gasteiger charge is 2.47. The van der Waals surface area contributed by atoms with Crippen LogP contribution in [0.25, 0.3) is 5.76 Å². The van der Waals surface area contributed by atoms with Crippen LogP contribution in [0.5, 0.6) is 5.75 Å². The van der Waals surface area contributed by atoms with Gasteiger partial charge in [-0.2, -0.15) is 0 Å². The molecule has 1 unspecified atom stereocenters. The Morgan fingerprint density at radius 1 is 0.969 bits per heavy atom. The highest BCUT2D eigenvalue weighted by molar-refractivity contribution is 6.51. The summed E-state index contributed by atoms with van der Waals surface area (Å²) in [6.07, 6.45) is 0. The summed E-state index contributed by atoms with van der Waals surface area (Å²) in [5, 5.41) is 31.6. The molecule has 1 fully saturated rings. The van der Waals surface area contributed by atoms with Crippen molar-refractivity contribution in [3.63, 3.8) is 0 Å². The van der Waals surface area contributed by atoms with Crippen molar-refractivity contribution in [3.05, 3.63) is 105 Å². The number of amides is 1. The number of aryl methyl sites for hydroxylation is 1. The minimum absolute atomic E-state index is 0.0111. The number of aliphatic hydroxyl groups is 1. The van der Waals surface area contributed by atoms with Gasteiger partial charge >= 0.3 is 0 Å². The summed E-state index contributed by atoms with van der Waals surface area (Å²) in [5.74, 6) is -2.10. The molecule has 3 aromatic rings. The maximum Gasteiger partial charge on any atom is 0.300 e. The predicted octanol–water partition coefficient (Wildman–Crippen LogP) is 4.24. The van der Waals surface area contributed by atoms with Crippen molar-refractivity contribution in [3.8, 4) is 5.75 Å². The van der Waals surface area contributed by atoms with Crippen molar-refractivity contribution in [2.75, 3.05) is 4.90 Å². The second-order valence-corrected chi connectivity index (χ2v) is 7.35. The third-order valence-corrected chi connectivity index (χ3v) is 5.38. The second kappa shape index (κ2) is 7.99. The van der Waals surface area contributed by atoms with Crippen LogP contribution < -0.4 is 4.90 Å². The molecule has 3 aromatic carbocycles. The number of benzene rings is 3. The summed E-state index contributed by atoms with van der Waals surface area (Å²) in [4.78, 5) is 37.8. The molecule has 32 heavy (non-hydrogen) atoms. The predicted molar refractivity (Wildman–Crippen MR) is 117 cm³/mol. The molecule has 1 saturated heterocycles. The number of para-hydroxylation sites is 1. The van der Waals surface area contributed by atoms with Crippen LogP contribution in [0.1, 0.15) is 22.7 Å². The van der Waals surface area contributed by atoms with Gasteiger partial charge in [-0.1, -0.05) is 30.3 Å². The zero-order valence-electron chi connectivity index (χ0n) is 16.9. The Morgan fingerprint density at radius 2 is 1.59 bits per heavy atom. The van der Waals surface area contributed by atoms with Gasteiger partial charge in [-0.25, -0.2) is 0 Å². The number of aromatic hydroxyl groups is 1. The second-order valence-electron chi connectivity index (χ2n) is 7.35. The molecule has 2 N–H and O–H groups in total. The van der Waals surface area contributed by atoms with Gasteiger partial charge in [0, 0.05) is 23.4 Å². The molecule has 0 spiro atoms. The van der Waals surface area contributed by atoms with E-state index in [1.807, 2.05) is 6.07 Å². The number of nitrogens with zero attached hydrogens (tertiary/aromatic N) is 2. The number of phenols is 1. The van der Waals surface area contributed by atoms with Crippen LogP contribution >= 0.6 is 0 Å². The lowest BCUT2D eigenvalue weighted by molar-refractivity contribution is -0.384. The maximum absolute atomic E-state index is 13.1. The fraction of sp³-hybridized carbons (Fsp3) is 0.0833. The maximum atomic E-state index is 13.1. The Kier molecular flexibility index (Phi) is 5.19. The molecule has 4 rings (SSSR count). The van der Waals surface area contributed by atoms with Gasteiger partial charge in [0.15, 0.2) is 0 Å². The lowest BCUT2D eigenvalue weighted by Gasteiger charge is -2.26. The summed E-state index contributed by atoms with van der Waals surface area (Å²) in [7, 11) is 0. The Bertz CT molecular complexity index is 1260. The van der Waals surface area contributed by atoms with E-state index in [-0.39, 0.29) is 22.6 Å². The topological polar surface area (TPSA) is 121 Å². The highest BCUT2D eigenvalue weighted by atomic mass is 16.6. The minimum Gasteiger partial charge on any atom is -0.508 e. The number of aliphatic hydroxyl groups excluding tert-OH is 1. The molecule has 8 heteroatoms. The number of hydrogen-bond acceptors (Lipinski definition) is 6. The number of phenolic OH excluding ortho intramolecular Hbond substituents is 1. The van der Waals surface area contributed by atoms with Crippen LogP contribution in [0.15, 0.2) is 78.4 Å². The molecule has 0 radical (unpaired) electrons. The molecular formula is C24H18N2O6. The van der Waals surface area contributed by atoms with Gasteiger partial charge in [-0.05, 0) is 48.4 Å². The molecule has 1 atom stereocenters. The van der Waals surface area contributed by atoms with Gasteiger partial charge in [-0.3, -0.25) is 24.6 Å². The van der Waals surface area contributed by atoms with Gasteiger partial charge in [0.2, 0.25) is 0 Å². The normalized spacial score (nSPS) is 17.5. The molecular weight excluding hydrogens is 412 g/mol. The van der Waals surface area contributed by atoms with E-state index in [0.29, 0.717) is 11.3 Å². The van der Waals surface area contributed by atoms with Crippen LogP contribution in [0.2, 0.25) is 0 Å². The zero-order chi connectivity index (χ0) is 23.0. The standard InChI is InChI=1S/C24H18N2O6/c1-14-4-2-3-5-19(14)25-21(15-8-12-18(27)13-9-15)20(23(29)24(25)30)22(28)16-6-10-17(11-7-16)26(31)32/h2-13,21,27-28H,1H3/b22-20-. The van der Waals surface area contributed by atoms with Crippen LogP contribution in [0, 0.1) is 17.0 Å². The van der Waals surface area contributed by atoms with E-state index in [9.17, 15) is 29.9 Å². The molecule has 8 nitrogen and oxygen atoms in total. The third kappa shape index (κ3) is 3.47. The number of rotatable bonds is 4. The number of Topliss-reactive ketones (excluding diaryl/α,β-unsaturated/α-hetero) is 1. The molecule has 1 aliphatic heterocycles. The number of anilines is 1. The molecule has 1 aliphatic rings. The minimum atomic E-state index is -0.952. The number of carbonyl (C=O) groups is 2. The van der Waals surface area contributed by atoms with E-state index >= 15 is 0 Å². The summed E-state index contributed by atoms with van der Waals surface area (Å²) >= 11 is 0. The molecule has 0 aliphatic carbocycles. The highest BCUT2D eigenvalue weighted by Crippen LogP contribution is 2.43. The molecule has 0 aromatic heterocycles. The van der Waals surface area contributed by atoms with Crippen molar-refractivity contribution in [2.24, 2.45) is 0 Å². The van der Waals surface area contributed by atoms with Crippen LogP contribution in [-0.4, -0.2) is 26.8 Å². The van der Waals surface area contributed by atoms with Crippen LogP contribution in [0.3, 0.4) is 0 Å². The Balaban J connectivity index is 1.93. The first-order valence-electron chi connectivity index (χ1n) is 9.70. The fourth-order valence-corrected chi connectivity index (χ4v) is 3.78. The Hall–Kier alpha value is -4.46. The number of hydrogen-bond donors (Lipinski definition) is 2. The molecule has 1 amide bonds. The average Bonchev–Trinajstić information content (AvgIpc) is 3.05. The molecule has 160 valence electrons. The van der Waals surface area contributed by atoms with Gasteiger partial charge < -0.3 is 10.2 Å². The SMILES string of the molecule is Cc1ccccc1N1C(=O)C(=O)/C(=C(\O)c2ccc([N+](=O)[O-])cc2)C1c1ccc(O)cc1. The molecule has 0 bridgehead atoms. The summed E-state index contributed by atoms with van der Waals surface area (Å²) < 4.78 is 0. The molecule has 0 saturated carbocycles. The van der Waals surface area contributed by atoms with Crippen molar-refractivity contribution in [1.29, 1.82) is 0 Å². The van der Waals surface area contributed by atoms with Crippen LogP contribution in [0.4, 0.5) is 11.4 Å². The van der Waals surface area contributed by atoms with E-state index in [1.54, 1.807) is 37.3 Å². The number of ketones is 1.